The Hall–Kier alpha value is -3.08. The standard InChI is InChI=1S/C18H14BFN4O3S/c1-27-16-6-12(18-22-8-17(20)28-18)11(5-13(16)19(25)26)9-2-3-10-14(21)7-23-24-15(10)4-9/h2-8,25-26H,1H3,(H2,21,24). The summed E-state index contributed by atoms with van der Waals surface area (Å²) in [5.74, 6) is 0.259. The maximum absolute atomic E-state index is 13.6. The predicted molar refractivity (Wildman–Crippen MR) is 107 cm³/mol. The van der Waals surface area contributed by atoms with E-state index in [1.54, 1.807) is 24.3 Å². The highest BCUT2D eigenvalue weighted by Crippen LogP contribution is 2.37. The van der Waals surface area contributed by atoms with Crippen LogP contribution in [0.15, 0.2) is 42.7 Å². The van der Waals surface area contributed by atoms with E-state index in [0.29, 0.717) is 32.9 Å². The second-order valence-corrected chi connectivity index (χ2v) is 7.00. The fourth-order valence-electron chi connectivity index (χ4n) is 3.02. The van der Waals surface area contributed by atoms with Gasteiger partial charge in [0, 0.05) is 16.4 Å². The molecular formula is C18H14BFN4O3S. The van der Waals surface area contributed by atoms with Crippen LogP contribution in [0.2, 0.25) is 0 Å². The van der Waals surface area contributed by atoms with Crippen molar-refractivity contribution in [3.05, 3.63) is 47.9 Å². The lowest BCUT2D eigenvalue weighted by atomic mass is 9.77. The van der Waals surface area contributed by atoms with E-state index in [9.17, 15) is 14.4 Å². The molecule has 0 saturated heterocycles. The number of ether oxygens (including phenoxy) is 1. The lowest BCUT2D eigenvalue weighted by molar-refractivity contribution is 0.403. The van der Waals surface area contributed by atoms with E-state index in [1.165, 1.54) is 13.3 Å². The minimum absolute atomic E-state index is 0.178. The Morgan fingerprint density at radius 1 is 1.14 bits per heavy atom. The summed E-state index contributed by atoms with van der Waals surface area (Å²) in [7, 11) is -0.326. The first-order chi connectivity index (χ1) is 13.5. The van der Waals surface area contributed by atoms with Crippen LogP contribution in [-0.4, -0.2) is 39.5 Å². The molecule has 0 spiro atoms. The number of hydrogen-bond acceptors (Lipinski definition) is 8. The highest BCUT2D eigenvalue weighted by Gasteiger charge is 2.22. The summed E-state index contributed by atoms with van der Waals surface area (Å²) in [4.78, 5) is 4.11. The van der Waals surface area contributed by atoms with Crippen LogP contribution in [0.4, 0.5) is 10.1 Å². The van der Waals surface area contributed by atoms with Crippen molar-refractivity contribution in [3.8, 4) is 27.4 Å². The first-order valence-electron chi connectivity index (χ1n) is 8.19. The van der Waals surface area contributed by atoms with Crippen molar-refractivity contribution in [1.82, 2.24) is 15.2 Å². The number of nitrogen functional groups attached to an aromatic ring is 1. The summed E-state index contributed by atoms with van der Waals surface area (Å²) in [6, 6.07) is 8.60. The van der Waals surface area contributed by atoms with Crippen LogP contribution < -0.4 is 15.9 Å². The molecule has 0 atom stereocenters. The van der Waals surface area contributed by atoms with Gasteiger partial charge in [0.15, 0.2) is 5.13 Å². The molecule has 0 radical (unpaired) electrons. The molecule has 0 bridgehead atoms. The molecule has 2 aromatic heterocycles. The van der Waals surface area contributed by atoms with Gasteiger partial charge in [-0.3, -0.25) is 0 Å². The van der Waals surface area contributed by atoms with Gasteiger partial charge in [-0.25, -0.2) is 4.98 Å². The minimum atomic E-state index is -1.74. The number of fused-ring (bicyclic) bond motifs is 1. The van der Waals surface area contributed by atoms with Gasteiger partial charge in [0.1, 0.15) is 10.8 Å². The molecule has 0 unspecified atom stereocenters. The van der Waals surface area contributed by atoms with Gasteiger partial charge in [0.05, 0.1) is 30.7 Å². The Labute approximate surface area is 163 Å². The SMILES string of the molecule is COc1cc(-c2ncc(F)s2)c(-c2ccc3c(N)cnnc3c2)cc1B(O)O. The third-order valence-electron chi connectivity index (χ3n) is 4.34. The molecule has 7 nitrogen and oxygen atoms in total. The molecule has 2 heterocycles. The zero-order valence-electron chi connectivity index (χ0n) is 14.6. The van der Waals surface area contributed by atoms with Crippen molar-refractivity contribution in [3.63, 3.8) is 0 Å². The van der Waals surface area contributed by atoms with Crippen LogP contribution in [0.5, 0.6) is 5.75 Å². The number of thiazole rings is 1. The van der Waals surface area contributed by atoms with E-state index in [2.05, 4.69) is 15.2 Å². The van der Waals surface area contributed by atoms with Gasteiger partial charge in [0.25, 0.3) is 0 Å². The molecule has 28 heavy (non-hydrogen) atoms. The zero-order chi connectivity index (χ0) is 19.8. The maximum atomic E-state index is 13.6. The Morgan fingerprint density at radius 2 is 1.96 bits per heavy atom. The average Bonchev–Trinajstić information content (AvgIpc) is 3.13. The lowest BCUT2D eigenvalue weighted by Crippen LogP contribution is -2.31. The van der Waals surface area contributed by atoms with Gasteiger partial charge in [-0.15, -0.1) is 0 Å². The summed E-state index contributed by atoms with van der Waals surface area (Å²) in [6.07, 6.45) is 2.61. The number of hydrogen-bond donors (Lipinski definition) is 3. The van der Waals surface area contributed by atoms with Gasteiger partial charge in [-0.2, -0.15) is 14.6 Å². The van der Waals surface area contributed by atoms with Crippen molar-refractivity contribution in [2.75, 3.05) is 12.8 Å². The summed E-state index contributed by atoms with van der Waals surface area (Å²) >= 11 is 0.883. The quantitative estimate of drug-likeness (QED) is 0.451. The van der Waals surface area contributed by atoms with Gasteiger partial charge < -0.3 is 20.5 Å². The van der Waals surface area contributed by atoms with Gasteiger partial charge in [0.2, 0.25) is 0 Å². The van der Waals surface area contributed by atoms with Crippen LogP contribution in [-0.2, 0) is 0 Å². The van der Waals surface area contributed by atoms with Crippen LogP contribution in [0.25, 0.3) is 32.6 Å². The van der Waals surface area contributed by atoms with E-state index < -0.39 is 12.2 Å². The topological polar surface area (TPSA) is 114 Å². The molecule has 0 aliphatic carbocycles. The molecule has 0 saturated carbocycles. The highest BCUT2D eigenvalue weighted by atomic mass is 32.1. The number of aromatic nitrogens is 3. The van der Waals surface area contributed by atoms with Crippen LogP contribution in [0.3, 0.4) is 0 Å². The van der Waals surface area contributed by atoms with Crippen LogP contribution >= 0.6 is 11.3 Å². The predicted octanol–water partition coefficient (Wildman–Crippen LogP) is 1.83. The number of methoxy groups -OCH3 is 1. The summed E-state index contributed by atoms with van der Waals surface area (Å²) < 4.78 is 18.9. The Morgan fingerprint density at radius 3 is 2.64 bits per heavy atom. The minimum Gasteiger partial charge on any atom is -0.497 e. The van der Waals surface area contributed by atoms with Gasteiger partial charge in [-0.05, 0) is 29.3 Å². The molecule has 4 N–H and O–H groups in total. The van der Waals surface area contributed by atoms with E-state index in [4.69, 9.17) is 10.5 Å². The first-order valence-corrected chi connectivity index (χ1v) is 9.00. The summed E-state index contributed by atoms with van der Waals surface area (Å²) in [5.41, 5.74) is 9.11. The van der Waals surface area contributed by atoms with Gasteiger partial charge >= 0.3 is 7.12 Å². The number of halogens is 1. The number of nitrogens with zero attached hydrogens (tertiary/aromatic N) is 3. The van der Waals surface area contributed by atoms with Crippen LogP contribution in [0, 0.1) is 5.13 Å². The normalized spacial score (nSPS) is 11.0. The number of nitrogens with two attached hydrogens (primary N) is 1. The van der Waals surface area contributed by atoms with Crippen molar-refractivity contribution in [1.29, 1.82) is 0 Å². The number of benzene rings is 2. The third kappa shape index (κ3) is 3.17. The number of anilines is 1. The first kappa shape index (κ1) is 18.3. The van der Waals surface area contributed by atoms with Crippen LogP contribution in [0.1, 0.15) is 0 Å². The molecule has 10 heteroatoms. The van der Waals surface area contributed by atoms with E-state index in [-0.39, 0.29) is 11.2 Å². The van der Waals surface area contributed by atoms with Crippen molar-refractivity contribution in [2.24, 2.45) is 0 Å². The Kier molecular flexibility index (Phi) is 4.67. The fourth-order valence-corrected chi connectivity index (χ4v) is 3.69. The highest BCUT2D eigenvalue weighted by molar-refractivity contribution is 7.13. The zero-order valence-corrected chi connectivity index (χ0v) is 15.4. The molecule has 0 aliphatic rings. The molecule has 0 aliphatic heterocycles. The van der Waals surface area contributed by atoms with Crippen molar-refractivity contribution < 1.29 is 19.2 Å². The third-order valence-corrected chi connectivity index (χ3v) is 5.16. The second kappa shape index (κ2) is 7.15. The maximum Gasteiger partial charge on any atom is 0.492 e. The molecule has 0 amide bonds. The smallest absolute Gasteiger partial charge is 0.492 e. The molecule has 0 fully saturated rings. The summed E-state index contributed by atoms with van der Waals surface area (Å²) in [6.45, 7) is 0. The monoisotopic (exact) mass is 396 g/mol. The van der Waals surface area contributed by atoms with E-state index >= 15 is 0 Å². The Bertz CT molecular complexity index is 1180. The van der Waals surface area contributed by atoms with Crippen molar-refractivity contribution in [2.45, 2.75) is 0 Å². The largest absolute Gasteiger partial charge is 0.497 e. The van der Waals surface area contributed by atoms with E-state index in [1.807, 2.05) is 6.07 Å². The average molecular weight is 396 g/mol. The number of rotatable bonds is 4. The fraction of sp³-hybridized carbons (Fsp3) is 0.0556. The Balaban J connectivity index is 2.00. The second-order valence-electron chi connectivity index (χ2n) is 6.01. The molecule has 140 valence electrons. The van der Waals surface area contributed by atoms with Crippen molar-refractivity contribution >= 4 is 40.5 Å². The molecule has 4 rings (SSSR count). The lowest BCUT2D eigenvalue weighted by Gasteiger charge is -2.15. The molecular weight excluding hydrogens is 382 g/mol. The molecule has 2 aromatic carbocycles. The molecule has 4 aromatic rings. The summed E-state index contributed by atoms with van der Waals surface area (Å²) in [5, 5.41) is 28.2. The van der Waals surface area contributed by atoms with Gasteiger partial charge in [-0.1, -0.05) is 23.5 Å². The van der Waals surface area contributed by atoms with E-state index in [0.717, 1.165) is 22.9 Å².